The molecule has 2 aliphatic rings. The summed E-state index contributed by atoms with van der Waals surface area (Å²) in [6.45, 7) is 2.24. The molecule has 0 nitrogen and oxygen atoms in total. The highest BCUT2D eigenvalue weighted by Gasteiger charge is 2.11. The first kappa shape index (κ1) is 10.8. The summed E-state index contributed by atoms with van der Waals surface area (Å²) in [7, 11) is 0. The minimum Gasteiger partial charge on any atom is -0.0651 e. The van der Waals surface area contributed by atoms with E-state index in [1.807, 2.05) is 0 Å². The number of allylic oxidation sites excluding steroid dienone is 1. The number of benzene rings is 2. The Labute approximate surface area is 112 Å². The first-order valence-electron chi connectivity index (χ1n) is 7.03. The van der Waals surface area contributed by atoms with Gasteiger partial charge in [0.15, 0.2) is 0 Å². The van der Waals surface area contributed by atoms with Crippen LogP contribution in [0.3, 0.4) is 0 Å². The fourth-order valence-electron chi connectivity index (χ4n) is 3.21. The van der Waals surface area contributed by atoms with Crippen LogP contribution in [0.5, 0.6) is 0 Å². The highest BCUT2D eigenvalue weighted by atomic mass is 14.2. The maximum Gasteiger partial charge on any atom is -0.00929 e. The van der Waals surface area contributed by atoms with E-state index >= 15 is 0 Å². The van der Waals surface area contributed by atoms with Gasteiger partial charge in [-0.3, -0.25) is 0 Å². The Bertz CT molecular complexity index is 911. The number of rotatable bonds is 2. The van der Waals surface area contributed by atoms with Gasteiger partial charge in [-0.1, -0.05) is 61.9 Å². The maximum atomic E-state index is 2.38. The van der Waals surface area contributed by atoms with Crippen molar-refractivity contribution in [1.82, 2.24) is 0 Å². The van der Waals surface area contributed by atoms with Crippen LogP contribution in [0, 0.1) is 10.4 Å². The summed E-state index contributed by atoms with van der Waals surface area (Å²) in [6, 6.07) is 13.2. The van der Waals surface area contributed by atoms with E-state index in [0.717, 1.165) is 0 Å². The SMILES string of the molecule is CCCC1=Cc2c3c(ccc2=C1)=c1ccccc1=C3. The third kappa shape index (κ3) is 1.53. The Hall–Kier alpha value is -2.08. The lowest BCUT2D eigenvalue weighted by Gasteiger charge is -1.98. The van der Waals surface area contributed by atoms with E-state index < -0.39 is 0 Å². The average molecular weight is 244 g/mol. The number of hydrogen-bond acceptors (Lipinski definition) is 0. The van der Waals surface area contributed by atoms with Crippen LogP contribution in [0.25, 0.3) is 18.2 Å². The van der Waals surface area contributed by atoms with Gasteiger partial charge in [0.25, 0.3) is 0 Å². The van der Waals surface area contributed by atoms with Crippen LogP contribution in [-0.2, 0) is 0 Å². The Morgan fingerprint density at radius 1 is 0.737 bits per heavy atom. The molecule has 0 radical (unpaired) electrons. The summed E-state index contributed by atoms with van der Waals surface area (Å²) in [4.78, 5) is 0. The van der Waals surface area contributed by atoms with E-state index in [1.54, 1.807) is 0 Å². The van der Waals surface area contributed by atoms with Crippen LogP contribution in [0.4, 0.5) is 0 Å². The predicted molar refractivity (Wildman–Crippen MR) is 80.7 cm³/mol. The molecule has 0 N–H and O–H groups in total. The van der Waals surface area contributed by atoms with Gasteiger partial charge in [-0.2, -0.15) is 0 Å². The van der Waals surface area contributed by atoms with Crippen LogP contribution in [-0.4, -0.2) is 0 Å². The minimum atomic E-state index is 1.18. The largest absolute Gasteiger partial charge is 0.0651 e. The van der Waals surface area contributed by atoms with Crippen molar-refractivity contribution in [2.24, 2.45) is 0 Å². The molecule has 0 bridgehead atoms. The second-order valence-electron chi connectivity index (χ2n) is 5.37. The third-order valence-electron chi connectivity index (χ3n) is 4.08. The monoisotopic (exact) mass is 244 g/mol. The Balaban J connectivity index is 2.07. The number of hydrogen-bond donors (Lipinski definition) is 0. The van der Waals surface area contributed by atoms with Crippen molar-refractivity contribution in [3.05, 3.63) is 74.0 Å². The van der Waals surface area contributed by atoms with Gasteiger partial charge in [-0.15, -0.1) is 0 Å². The molecule has 0 spiro atoms. The summed E-state index contributed by atoms with van der Waals surface area (Å²) >= 11 is 0. The van der Waals surface area contributed by atoms with Crippen molar-refractivity contribution in [3.63, 3.8) is 0 Å². The van der Waals surface area contributed by atoms with Crippen LogP contribution in [0.1, 0.15) is 30.9 Å². The Morgan fingerprint density at radius 2 is 1.63 bits per heavy atom. The van der Waals surface area contributed by atoms with Gasteiger partial charge in [0.1, 0.15) is 0 Å². The van der Waals surface area contributed by atoms with Gasteiger partial charge in [0.2, 0.25) is 0 Å². The molecular weight excluding hydrogens is 228 g/mol. The molecule has 0 aromatic heterocycles. The van der Waals surface area contributed by atoms with Gasteiger partial charge in [0.05, 0.1) is 0 Å². The molecule has 4 rings (SSSR count). The molecule has 2 aromatic rings. The van der Waals surface area contributed by atoms with E-state index in [9.17, 15) is 0 Å². The molecule has 19 heavy (non-hydrogen) atoms. The normalized spacial score (nSPS) is 14.1. The lowest BCUT2D eigenvalue weighted by molar-refractivity contribution is 0.941. The summed E-state index contributed by atoms with van der Waals surface area (Å²) in [6.07, 6.45) is 9.44. The average Bonchev–Trinajstić information content (AvgIpc) is 2.98. The lowest BCUT2D eigenvalue weighted by atomic mass is 10.1. The molecular formula is C19H16. The zero-order valence-corrected chi connectivity index (χ0v) is 11.1. The summed E-state index contributed by atoms with van der Waals surface area (Å²) in [5.74, 6) is 0. The molecule has 0 aliphatic heterocycles. The van der Waals surface area contributed by atoms with Crippen molar-refractivity contribution in [3.8, 4) is 0 Å². The first-order chi connectivity index (χ1) is 9.36. The smallest absolute Gasteiger partial charge is 0.00929 e. The molecule has 0 saturated heterocycles. The molecule has 0 unspecified atom stereocenters. The van der Waals surface area contributed by atoms with E-state index in [1.165, 1.54) is 50.4 Å². The molecule has 92 valence electrons. The van der Waals surface area contributed by atoms with E-state index in [2.05, 4.69) is 61.5 Å². The summed E-state index contributed by atoms with van der Waals surface area (Å²) < 4.78 is 0. The molecule has 0 heterocycles. The van der Waals surface area contributed by atoms with Gasteiger partial charge in [-0.25, -0.2) is 0 Å². The van der Waals surface area contributed by atoms with Crippen LogP contribution in [0.2, 0.25) is 0 Å². The van der Waals surface area contributed by atoms with Crippen LogP contribution >= 0.6 is 0 Å². The van der Waals surface area contributed by atoms with E-state index in [0.29, 0.717) is 0 Å². The fraction of sp³-hybridized carbons (Fsp3) is 0.158. The van der Waals surface area contributed by atoms with Crippen molar-refractivity contribution in [2.45, 2.75) is 19.8 Å². The van der Waals surface area contributed by atoms with Crippen LogP contribution in [0.15, 0.2) is 42.0 Å². The van der Waals surface area contributed by atoms with Gasteiger partial charge >= 0.3 is 0 Å². The maximum absolute atomic E-state index is 2.38. The van der Waals surface area contributed by atoms with Crippen LogP contribution < -0.4 is 10.4 Å². The summed E-state index contributed by atoms with van der Waals surface area (Å²) in [5, 5.41) is 5.49. The molecule has 2 aromatic carbocycles. The Kier molecular flexibility index (Phi) is 2.25. The number of fused-ring (bicyclic) bond motifs is 4. The van der Waals surface area contributed by atoms with Crippen molar-refractivity contribution >= 4 is 18.2 Å². The minimum absolute atomic E-state index is 1.18. The molecule has 0 heteroatoms. The van der Waals surface area contributed by atoms with Crippen molar-refractivity contribution < 1.29 is 0 Å². The zero-order valence-electron chi connectivity index (χ0n) is 11.1. The highest BCUT2D eigenvalue weighted by Crippen LogP contribution is 2.22. The lowest BCUT2D eigenvalue weighted by Crippen LogP contribution is -2.03. The predicted octanol–water partition coefficient (Wildman–Crippen LogP) is 3.09. The second kappa shape index (κ2) is 3.96. The molecule has 0 amide bonds. The second-order valence-corrected chi connectivity index (χ2v) is 5.37. The zero-order chi connectivity index (χ0) is 12.8. The van der Waals surface area contributed by atoms with Gasteiger partial charge in [0, 0.05) is 0 Å². The summed E-state index contributed by atoms with van der Waals surface area (Å²) in [5.41, 5.74) is 4.29. The fourth-order valence-corrected chi connectivity index (χ4v) is 3.21. The van der Waals surface area contributed by atoms with Gasteiger partial charge < -0.3 is 0 Å². The highest BCUT2D eigenvalue weighted by molar-refractivity contribution is 5.79. The quantitative estimate of drug-likeness (QED) is 0.650. The molecule has 0 atom stereocenters. The van der Waals surface area contributed by atoms with Crippen molar-refractivity contribution in [1.29, 1.82) is 0 Å². The van der Waals surface area contributed by atoms with Gasteiger partial charge in [-0.05, 0) is 50.1 Å². The van der Waals surface area contributed by atoms with Crippen molar-refractivity contribution in [2.75, 3.05) is 0 Å². The molecule has 0 fully saturated rings. The van der Waals surface area contributed by atoms with E-state index in [4.69, 9.17) is 0 Å². The third-order valence-corrected chi connectivity index (χ3v) is 4.08. The Morgan fingerprint density at radius 3 is 2.53 bits per heavy atom. The first-order valence-corrected chi connectivity index (χ1v) is 7.03. The standard InChI is InChI=1S/C19H16/c1-2-5-13-10-15-8-9-17-16-7-4-3-6-14(16)12-19(17)18(15)11-13/h3-4,6-12H,2,5H2,1H3. The molecule has 0 saturated carbocycles. The topological polar surface area (TPSA) is 0 Å². The van der Waals surface area contributed by atoms with E-state index in [-0.39, 0.29) is 0 Å². The molecule has 2 aliphatic carbocycles.